The SMILES string of the molecule is COCCCN1C(=O)C(=O)/C(=C(\O)c2ccc(Cl)cc2)C1c1ccc(F)cc1. The summed E-state index contributed by atoms with van der Waals surface area (Å²) in [6.07, 6.45) is 0.516. The standard InChI is InChI=1S/C21H19ClFNO4/c1-28-12-2-11-24-18(13-5-9-16(23)10-6-13)17(20(26)21(24)27)19(25)14-3-7-15(22)8-4-14/h3-10,18,25H,2,11-12H2,1H3/b19-17-. The first-order valence-corrected chi connectivity index (χ1v) is 9.10. The number of halogens is 2. The number of hydrogen-bond donors (Lipinski definition) is 1. The van der Waals surface area contributed by atoms with Gasteiger partial charge in [0.25, 0.3) is 11.7 Å². The van der Waals surface area contributed by atoms with Crippen LogP contribution in [0, 0.1) is 5.82 Å². The van der Waals surface area contributed by atoms with Crippen molar-refractivity contribution in [1.82, 2.24) is 4.90 Å². The van der Waals surface area contributed by atoms with Crippen LogP contribution in [-0.2, 0) is 14.3 Å². The smallest absolute Gasteiger partial charge is 0.295 e. The first kappa shape index (κ1) is 20.0. The Morgan fingerprint density at radius 2 is 1.79 bits per heavy atom. The molecule has 0 saturated carbocycles. The minimum atomic E-state index is -0.812. The number of aliphatic hydroxyl groups excluding tert-OH is 1. The minimum Gasteiger partial charge on any atom is -0.507 e. The Balaban J connectivity index is 2.10. The third kappa shape index (κ3) is 3.93. The Morgan fingerprint density at radius 1 is 1.14 bits per heavy atom. The van der Waals surface area contributed by atoms with Crippen LogP contribution in [0.3, 0.4) is 0 Å². The first-order valence-electron chi connectivity index (χ1n) is 8.72. The molecule has 146 valence electrons. The van der Waals surface area contributed by atoms with Crippen molar-refractivity contribution in [3.05, 3.63) is 76.1 Å². The van der Waals surface area contributed by atoms with Gasteiger partial charge in [0.1, 0.15) is 11.6 Å². The highest BCUT2D eigenvalue weighted by atomic mass is 35.5. The largest absolute Gasteiger partial charge is 0.507 e. The highest BCUT2D eigenvalue weighted by Crippen LogP contribution is 2.39. The van der Waals surface area contributed by atoms with Crippen LogP contribution < -0.4 is 0 Å². The van der Waals surface area contributed by atoms with E-state index < -0.39 is 23.5 Å². The molecule has 7 heteroatoms. The van der Waals surface area contributed by atoms with Crippen molar-refractivity contribution in [2.24, 2.45) is 0 Å². The van der Waals surface area contributed by atoms with Gasteiger partial charge in [0.15, 0.2) is 0 Å². The molecule has 1 saturated heterocycles. The molecular formula is C21H19ClFNO4. The maximum atomic E-state index is 13.4. The van der Waals surface area contributed by atoms with Gasteiger partial charge in [-0.15, -0.1) is 0 Å². The number of carbonyl (C=O) groups is 2. The van der Waals surface area contributed by atoms with E-state index in [2.05, 4.69) is 0 Å². The van der Waals surface area contributed by atoms with E-state index in [9.17, 15) is 19.1 Å². The molecule has 1 N–H and O–H groups in total. The van der Waals surface area contributed by atoms with Gasteiger partial charge in [-0.2, -0.15) is 0 Å². The minimum absolute atomic E-state index is 0.0312. The molecule has 1 atom stereocenters. The van der Waals surface area contributed by atoms with Crippen LogP contribution >= 0.6 is 11.6 Å². The third-order valence-corrected chi connectivity index (χ3v) is 4.84. The second-order valence-electron chi connectivity index (χ2n) is 6.40. The molecule has 28 heavy (non-hydrogen) atoms. The lowest BCUT2D eigenvalue weighted by molar-refractivity contribution is -0.140. The van der Waals surface area contributed by atoms with Crippen molar-refractivity contribution in [1.29, 1.82) is 0 Å². The van der Waals surface area contributed by atoms with Crippen LogP contribution in [0.4, 0.5) is 4.39 Å². The first-order chi connectivity index (χ1) is 13.4. The second-order valence-corrected chi connectivity index (χ2v) is 6.83. The van der Waals surface area contributed by atoms with Gasteiger partial charge in [0, 0.05) is 30.8 Å². The summed E-state index contributed by atoms with van der Waals surface area (Å²) in [6.45, 7) is 0.675. The van der Waals surface area contributed by atoms with E-state index in [0.29, 0.717) is 29.2 Å². The van der Waals surface area contributed by atoms with Gasteiger partial charge in [-0.1, -0.05) is 23.7 Å². The van der Waals surface area contributed by atoms with Gasteiger partial charge >= 0.3 is 0 Å². The summed E-state index contributed by atoms with van der Waals surface area (Å²) in [4.78, 5) is 26.8. The molecular weight excluding hydrogens is 385 g/mol. The number of ether oxygens (including phenoxy) is 1. The predicted octanol–water partition coefficient (Wildman–Crippen LogP) is 3.94. The zero-order chi connectivity index (χ0) is 20.3. The number of amides is 1. The highest BCUT2D eigenvalue weighted by molar-refractivity contribution is 6.46. The molecule has 0 aromatic heterocycles. The number of Topliss-reactive ketones (excluding diaryl/α,β-unsaturated/α-hetero) is 1. The fourth-order valence-corrected chi connectivity index (χ4v) is 3.37. The highest BCUT2D eigenvalue weighted by Gasteiger charge is 2.45. The Kier molecular flexibility index (Phi) is 6.11. The van der Waals surface area contributed by atoms with Crippen LogP contribution in [-0.4, -0.2) is 42.0 Å². The molecule has 2 aromatic carbocycles. The number of benzene rings is 2. The Labute approximate surface area is 167 Å². The van der Waals surface area contributed by atoms with Crippen LogP contribution in [0.5, 0.6) is 0 Å². The summed E-state index contributed by atoms with van der Waals surface area (Å²) in [5.74, 6) is -2.21. The molecule has 1 aliphatic rings. The van der Waals surface area contributed by atoms with Gasteiger partial charge < -0.3 is 14.7 Å². The molecule has 0 spiro atoms. The van der Waals surface area contributed by atoms with E-state index in [1.54, 1.807) is 31.4 Å². The molecule has 3 rings (SSSR count). The molecule has 5 nitrogen and oxygen atoms in total. The molecule has 1 unspecified atom stereocenters. The maximum Gasteiger partial charge on any atom is 0.295 e. The lowest BCUT2D eigenvalue weighted by Gasteiger charge is -2.25. The van der Waals surface area contributed by atoms with Gasteiger partial charge in [-0.05, 0) is 48.4 Å². The van der Waals surface area contributed by atoms with Crippen molar-refractivity contribution >= 4 is 29.1 Å². The normalized spacial score (nSPS) is 18.7. The van der Waals surface area contributed by atoms with Crippen molar-refractivity contribution < 1.29 is 23.8 Å². The van der Waals surface area contributed by atoms with Crippen LogP contribution in [0.2, 0.25) is 5.02 Å². The molecule has 0 radical (unpaired) electrons. The van der Waals surface area contributed by atoms with E-state index in [1.807, 2.05) is 0 Å². The summed E-state index contributed by atoms with van der Waals surface area (Å²) in [6, 6.07) is 11.0. The molecule has 1 amide bonds. The summed E-state index contributed by atoms with van der Waals surface area (Å²) in [5.41, 5.74) is 0.872. The topological polar surface area (TPSA) is 66.8 Å². The van der Waals surface area contributed by atoms with Crippen molar-refractivity contribution in [3.63, 3.8) is 0 Å². The van der Waals surface area contributed by atoms with E-state index in [-0.39, 0.29) is 17.9 Å². The zero-order valence-corrected chi connectivity index (χ0v) is 15.9. The summed E-state index contributed by atoms with van der Waals surface area (Å²) < 4.78 is 18.4. The average molecular weight is 404 g/mol. The monoisotopic (exact) mass is 403 g/mol. The molecule has 0 bridgehead atoms. The Hall–Kier alpha value is -2.70. The number of hydrogen-bond acceptors (Lipinski definition) is 4. The van der Waals surface area contributed by atoms with Gasteiger partial charge in [-0.3, -0.25) is 9.59 Å². The van der Waals surface area contributed by atoms with Gasteiger partial charge in [0.2, 0.25) is 0 Å². The third-order valence-electron chi connectivity index (χ3n) is 4.59. The van der Waals surface area contributed by atoms with Crippen LogP contribution in [0.25, 0.3) is 5.76 Å². The maximum absolute atomic E-state index is 13.4. The fraction of sp³-hybridized carbons (Fsp3) is 0.238. The van der Waals surface area contributed by atoms with E-state index in [0.717, 1.165) is 0 Å². The van der Waals surface area contributed by atoms with E-state index >= 15 is 0 Å². The molecule has 1 fully saturated rings. The average Bonchev–Trinajstić information content (AvgIpc) is 2.94. The summed E-state index contributed by atoms with van der Waals surface area (Å²) in [7, 11) is 1.55. The van der Waals surface area contributed by atoms with Crippen molar-refractivity contribution in [2.75, 3.05) is 20.3 Å². The van der Waals surface area contributed by atoms with E-state index in [1.165, 1.54) is 29.2 Å². The number of carbonyl (C=O) groups excluding carboxylic acids is 2. The van der Waals surface area contributed by atoms with Crippen molar-refractivity contribution in [2.45, 2.75) is 12.5 Å². The number of ketones is 1. The number of methoxy groups -OCH3 is 1. The number of nitrogens with zero attached hydrogens (tertiary/aromatic N) is 1. The predicted molar refractivity (Wildman–Crippen MR) is 103 cm³/mol. The molecule has 2 aromatic rings. The van der Waals surface area contributed by atoms with Gasteiger partial charge in [-0.25, -0.2) is 4.39 Å². The fourth-order valence-electron chi connectivity index (χ4n) is 3.24. The summed E-state index contributed by atoms with van der Waals surface area (Å²) in [5, 5.41) is 11.3. The molecule has 1 aliphatic heterocycles. The lowest BCUT2D eigenvalue weighted by atomic mass is 9.95. The Bertz CT molecular complexity index is 909. The Morgan fingerprint density at radius 3 is 2.39 bits per heavy atom. The van der Waals surface area contributed by atoms with Gasteiger partial charge in [0.05, 0.1) is 11.6 Å². The van der Waals surface area contributed by atoms with Crippen LogP contribution in [0.1, 0.15) is 23.6 Å². The van der Waals surface area contributed by atoms with E-state index in [4.69, 9.17) is 16.3 Å². The second kappa shape index (κ2) is 8.54. The number of likely N-dealkylation sites (tertiary alicyclic amines) is 1. The lowest BCUT2D eigenvalue weighted by Crippen LogP contribution is -2.31. The molecule has 0 aliphatic carbocycles. The zero-order valence-electron chi connectivity index (χ0n) is 15.2. The quantitative estimate of drug-likeness (QED) is 0.343. The number of rotatable bonds is 6. The summed E-state index contributed by atoms with van der Waals surface area (Å²) >= 11 is 5.89. The van der Waals surface area contributed by atoms with Crippen LogP contribution in [0.15, 0.2) is 54.1 Å². The van der Waals surface area contributed by atoms with Crippen molar-refractivity contribution in [3.8, 4) is 0 Å². The number of aliphatic hydroxyl groups is 1. The molecule has 1 heterocycles.